The molecule has 0 bridgehead atoms. The van der Waals surface area contributed by atoms with Crippen LogP contribution in [-0.4, -0.2) is 29.8 Å². The second-order valence-corrected chi connectivity index (χ2v) is 4.29. The zero-order valence-electron chi connectivity index (χ0n) is 8.56. The second kappa shape index (κ2) is 4.77. The highest BCUT2D eigenvalue weighted by Gasteiger charge is 2.19. The fourth-order valence-electron chi connectivity index (χ4n) is 1.94. The largest absolute Gasteiger partial charge is 0.355 e. The molecular weight excluding hydrogens is 212 g/mol. The highest BCUT2D eigenvalue weighted by atomic mass is 35.5. The summed E-state index contributed by atoms with van der Waals surface area (Å²) in [5.74, 6) is 1.48. The van der Waals surface area contributed by atoms with Crippen LogP contribution in [0.2, 0.25) is 5.15 Å². The van der Waals surface area contributed by atoms with Crippen LogP contribution in [0.3, 0.4) is 0 Å². The summed E-state index contributed by atoms with van der Waals surface area (Å²) in [6, 6.07) is 3.68. The van der Waals surface area contributed by atoms with Crippen LogP contribution in [0.4, 0.5) is 5.82 Å². The SMILES string of the molecule is NC[C@@H]1CCCN(c2ccc(Cl)nn2)C1. The summed E-state index contributed by atoms with van der Waals surface area (Å²) in [5, 5.41) is 8.36. The Morgan fingerprint density at radius 1 is 1.47 bits per heavy atom. The van der Waals surface area contributed by atoms with Gasteiger partial charge in [-0.25, -0.2) is 0 Å². The predicted octanol–water partition coefficient (Wildman–Crippen LogP) is 1.31. The van der Waals surface area contributed by atoms with Gasteiger partial charge in [0.05, 0.1) is 0 Å². The molecule has 0 spiro atoms. The number of hydrogen-bond donors (Lipinski definition) is 1. The van der Waals surface area contributed by atoms with Crippen LogP contribution in [0.15, 0.2) is 12.1 Å². The molecule has 15 heavy (non-hydrogen) atoms. The van der Waals surface area contributed by atoms with E-state index in [1.54, 1.807) is 6.07 Å². The Morgan fingerprint density at radius 2 is 2.33 bits per heavy atom. The number of aromatic nitrogens is 2. The smallest absolute Gasteiger partial charge is 0.151 e. The Morgan fingerprint density at radius 3 is 3.00 bits per heavy atom. The average molecular weight is 227 g/mol. The average Bonchev–Trinajstić information content (AvgIpc) is 2.30. The van der Waals surface area contributed by atoms with E-state index in [0.29, 0.717) is 11.1 Å². The van der Waals surface area contributed by atoms with Crippen LogP contribution in [0.25, 0.3) is 0 Å². The minimum Gasteiger partial charge on any atom is -0.355 e. The molecule has 1 fully saturated rings. The molecule has 82 valence electrons. The lowest BCUT2D eigenvalue weighted by molar-refractivity contribution is 0.421. The van der Waals surface area contributed by atoms with Gasteiger partial charge < -0.3 is 10.6 Å². The summed E-state index contributed by atoms with van der Waals surface area (Å²) < 4.78 is 0. The van der Waals surface area contributed by atoms with Crippen molar-refractivity contribution < 1.29 is 0 Å². The molecule has 1 atom stereocenters. The Hall–Kier alpha value is -0.870. The van der Waals surface area contributed by atoms with Gasteiger partial charge in [0.25, 0.3) is 0 Å². The molecule has 1 aromatic rings. The summed E-state index contributed by atoms with van der Waals surface area (Å²) in [4.78, 5) is 2.23. The van der Waals surface area contributed by atoms with Crippen molar-refractivity contribution in [1.82, 2.24) is 10.2 Å². The van der Waals surface area contributed by atoms with E-state index < -0.39 is 0 Å². The topological polar surface area (TPSA) is 55.0 Å². The molecule has 0 amide bonds. The standard InChI is InChI=1S/C10H15ClN4/c11-9-3-4-10(14-13-9)15-5-1-2-8(6-12)7-15/h3-4,8H,1-2,5-7,12H2/t8-/m0/s1. The van der Waals surface area contributed by atoms with Crippen LogP contribution >= 0.6 is 11.6 Å². The van der Waals surface area contributed by atoms with Crippen molar-refractivity contribution in [2.45, 2.75) is 12.8 Å². The highest BCUT2D eigenvalue weighted by Crippen LogP contribution is 2.20. The van der Waals surface area contributed by atoms with Crippen LogP contribution in [-0.2, 0) is 0 Å². The van der Waals surface area contributed by atoms with Gasteiger partial charge >= 0.3 is 0 Å². The summed E-state index contributed by atoms with van der Waals surface area (Å²) in [6.07, 6.45) is 2.39. The van der Waals surface area contributed by atoms with Crippen molar-refractivity contribution >= 4 is 17.4 Å². The van der Waals surface area contributed by atoms with E-state index in [2.05, 4.69) is 15.1 Å². The molecule has 1 aromatic heterocycles. The third-order valence-electron chi connectivity index (χ3n) is 2.79. The molecule has 0 aliphatic carbocycles. The van der Waals surface area contributed by atoms with Crippen molar-refractivity contribution in [3.05, 3.63) is 17.3 Å². The Balaban J connectivity index is 2.06. The maximum Gasteiger partial charge on any atom is 0.151 e. The zero-order valence-corrected chi connectivity index (χ0v) is 9.32. The lowest BCUT2D eigenvalue weighted by atomic mass is 9.98. The van der Waals surface area contributed by atoms with Crippen LogP contribution in [0.1, 0.15) is 12.8 Å². The molecular formula is C10H15ClN4. The fraction of sp³-hybridized carbons (Fsp3) is 0.600. The fourth-order valence-corrected chi connectivity index (χ4v) is 2.04. The molecule has 2 heterocycles. The van der Waals surface area contributed by atoms with E-state index in [4.69, 9.17) is 17.3 Å². The van der Waals surface area contributed by atoms with E-state index in [1.807, 2.05) is 6.07 Å². The molecule has 2 rings (SSSR count). The van der Waals surface area contributed by atoms with Gasteiger partial charge in [-0.2, -0.15) is 0 Å². The molecule has 4 nitrogen and oxygen atoms in total. The number of hydrogen-bond acceptors (Lipinski definition) is 4. The maximum absolute atomic E-state index is 5.69. The van der Waals surface area contributed by atoms with Gasteiger partial charge in [0, 0.05) is 13.1 Å². The number of nitrogens with zero attached hydrogens (tertiary/aromatic N) is 3. The second-order valence-electron chi connectivity index (χ2n) is 3.90. The Kier molecular flexibility index (Phi) is 3.38. The summed E-state index contributed by atoms with van der Waals surface area (Å²) >= 11 is 5.69. The van der Waals surface area contributed by atoms with E-state index in [0.717, 1.165) is 25.5 Å². The Bertz CT molecular complexity index is 314. The zero-order chi connectivity index (χ0) is 10.7. The number of piperidine rings is 1. The van der Waals surface area contributed by atoms with Crippen LogP contribution in [0.5, 0.6) is 0 Å². The summed E-state index contributed by atoms with van der Waals surface area (Å²) in [7, 11) is 0. The van der Waals surface area contributed by atoms with Gasteiger partial charge in [-0.3, -0.25) is 0 Å². The third-order valence-corrected chi connectivity index (χ3v) is 3.00. The van der Waals surface area contributed by atoms with Crippen molar-refractivity contribution in [2.75, 3.05) is 24.5 Å². The first-order valence-corrected chi connectivity index (χ1v) is 5.61. The van der Waals surface area contributed by atoms with Crippen LogP contribution < -0.4 is 10.6 Å². The highest BCUT2D eigenvalue weighted by molar-refractivity contribution is 6.29. The van der Waals surface area contributed by atoms with Gasteiger partial charge in [-0.05, 0) is 37.4 Å². The summed E-state index contributed by atoms with van der Waals surface area (Å²) in [6.45, 7) is 2.76. The molecule has 0 unspecified atom stereocenters. The summed E-state index contributed by atoms with van der Waals surface area (Å²) in [5.41, 5.74) is 5.68. The lowest BCUT2D eigenvalue weighted by Gasteiger charge is -2.32. The van der Waals surface area contributed by atoms with Gasteiger partial charge in [0.15, 0.2) is 11.0 Å². The van der Waals surface area contributed by atoms with Gasteiger partial charge in [-0.15, -0.1) is 10.2 Å². The van der Waals surface area contributed by atoms with Crippen LogP contribution in [0, 0.1) is 5.92 Å². The van der Waals surface area contributed by atoms with Gasteiger partial charge in [0.2, 0.25) is 0 Å². The monoisotopic (exact) mass is 226 g/mol. The minimum atomic E-state index is 0.436. The quantitative estimate of drug-likeness (QED) is 0.826. The van der Waals surface area contributed by atoms with E-state index >= 15 is 0 Å². The van der Waals surface area contributed by atoms with E-state index in [-0.39, 0.29) is 0 Å². The first-order valence-electron chi connectivity index (χ1n) is 5.24. The molecule has 2 N–H and O–H groups in total. The number of anilines is 1. The van der Waals surface area contributed by atoms with Crippen molar-refractivity contribution in [2.24, 2.45) is 11.7 Å². The predicted molar refractivity (Wildman–Crippen MR) is 61.0 cm³/mol. The van der Waals surface area contributed by atoms with Crippen molar-refractivity contribution in [1.29, 1.82) is 0 Å². The third kappa shape index (κ3) is 2.58. The van der Waals surface area contributed by atoms with E-state index in [9.17, 15) is 0 Å². The minimum absolute atomic E-state index is 0.436. The van der Waals surface area contributed by atoms with Gasteiger partial charge in [0.1, 0.15) is 0 Å². The van der Waals surface area contributed by atoms with Crippen molar-refractivity contribution in [3.63, 3.8) is 0 Å². The maximum atomic E-state index is 5.69. The first-order chi connectivity index (χ1) is 7.29. The molecule has 1 aliphatic heterocycles. The lowest BCUT2D eigenvalue weighted by Crippen LogP contribution is -2.38. The number of halogens is 1. The molecule has 5 heteroatoms. The molecule has 1 aliphatic rings. The molecule has 0 saturated carbocycles. The number of nitrogens with two attached hydrogens (primary N) is 1. The first kappa shape index (κ1) is 10.6. The Labute approximate surface area is 94.4 Å². The number of rotatable bonds is 2. The van der Waals surface area contributed by atoms with E-state index in [1.165, 1.54) is 12.8 Å². The molecule has 0 radical (unpaired) electrons. The van der Waals surface area contributed by atoms with Crippen molar-refractivity contribution in [3.8, 4) is 0 Å². The molecule has 0 aromatic carbocycles. The molecule has 1 saturated heterocycles. The van der Waals surface area contributed by atoms with Gasteiger partial charge in [-0.1, -0.05) is 11.6 Å². The normalized spacial score (nSPS) is 21.7.